The lowest BCUT2D eigenvalue weighted by atomic mass is 9.95. The molecule has 0 saturated carbocycles. The maximum absolute atomic E-state index is 9.83. The average molecular weight is 235 g/mol. The monoisotopic (exact) mass is 235 g/mol. The van der Waals surface area contributed by atoms with Gasteiger partial charge in [0.2, 0.25) is 0 Å². The molecule has 0 aliphatic carbocycles. The first-order valence-corrected chi connectivity index (χ1v) is 5.60. The third-order valence-corrected chi connectivity index (χ3v) is 2.86. The Balaban J connectivity index is 2.07. The van der Waals surface area contributed by atoms with Crippen LogP contribution in [0.2, 0.25) is 0 Å². The van der Waals surface area contributed by atoms with Gasteiger partial charge in [0.25, 0.3) is 0 Å². The summed E-state index contributed by atoms with van der Waals surface area (Å²) in [6.45, 7) is 3.43. The Morgan fingerprint density at radius 1 is 1.35 bits per heavy atom. The van der Waals surface area contributed by atoms with E-state index in [0.29, 0.717) is 12.1 Å². The van der Waals surface area contributed by atoms with Crippen molar-refractivity contribution in [1.29, 1.82) is 0 Å². The van der Waals surface area contributed by atoms with Crippen LogP contribution in [-0.4, -0.2) is 23.5 Å². The molecule has 0 fully saturated rings. The van der Waals surface area contributed by atoms with E-state index in [9.17, 15) is 5.11 Å². The third-order valence-electron chi connectivity index (χ3n) is 2.86. The number of aliphatic hydroxyl groups is 1. The van der Waals surface area contributed by atoms with E-state index < -0.39 is 5.60 Å². The molecule has 0 spiro atoms. The Morgan fingerprint density at radius 3 is 2.47 bits per heavy atom. The molecule has 1 aliphatic heterocycles. The van der Waals surface area contributed by atoms with Crippen LogP contribution >= 0.6 is 0 Å². The van der Waals surface area contributed by atoms with E-state index in [2.05, 4.69) is 5.16 Å². The predicted molar refractivity (Wildman–Crippen MR) is 65.2 cm³/mol. The van der Waals surface area contributed by atoms with Gasteiger partial charge in [0.05, 0.1) is 12.8 Å². The van der Waals surface area contributed by atoms with Crippen molar-refractivity contribution in [2.24, 2.45) is 5.16 Å². The number of oxime groups is 1. The second kappa shape index (κ2) is 4.37. The zero-order chi connectivity index (χ0) is 12.5. The van der Waals surface area contributed by atoms with Crippen LogP contribution in [0.1, 0.15) is 31.9 Å². The van der Waals surface area contributed by atoms with Crippen LogP contribution in [0, 0.1) is 0 Å². The number of hydrogen-bond donors (Lipinski definition) is 1. The number of rotatable bonds is 3. The minimum Gasteiger partial charge on any atom is -0.497 e. The second-order valence-corrected chi connectivity index (χ2v) is 4.67. The highest BCUT2D eigenvalue weighted by molar-refractivity contribution is 5.92. The van der Waals surface area contributed by atoms with Crippen LogP contribution in [-0.2, 0) is 4.84 Å². The fraction of sp³-hybridized carbons (Fsp3) is 0.462. The molecule has 1 aromatic carbocycles. The third kappa shape index (κ3) is 2.58. The lowest BCUT2D eigenvalue weighted by Crippen LogP contribution is -2.30. The summed E-state index contributed by atoms with van der Waals surface area (Å²) in [6.07, 6.45) is 0.512. The number of ether oxygens (including phenoxy) is 1. The van der Waals surface area contributed by atoms with Crippen molar-refractivity contribution in [3.63, 3.8) is 0 Å². The summed E-state index contributed by atoms with van der Waals surface area (Å²) in [5, 5.41) is 13.8. The average Bonchev–Trinajstić information content (AvgIpc) is 2.78. The van der Waals surface area contributed by atoms with Crippen LogP contribution in [0.3, 0.4) is 0 Å². The van der Waals surface area contributed by atoms with Crippen molar-refractivity contribution >= 4 is 5.71 Å². The van der Waals surface area contributed by atoms with Crippen molar-refractivity contribution in [3.05, 3.63) is 29.8 Å². The molecular formula is C13H17NO3. The van der Waals surface area contributed by atoms with E-state index in [1.807, 2.05) is 24.3 Å². The Labute approximate surface area is 101 Å². The zero-order valence-electron chi connectivity index (χ0n) is 10.3. The Kier molecular flexibility index (Phi) is 3.07. The molecule has 1 aromatic rings. The van der Waals surface area contributed by atoms with Crippen LogP contribution in [0.5, 0.6) is 5.75 Å². The lowest BCUT2D eigenvalue weighted by Gasteiger charge is -2.15. The Bertz CT molecular complexity index is 417. The van der Waals surface area contributed by atoms with Gasteiger partial charge in [-0.05, 0) is 31.5 Å². The molecule has 4 heteroatoms. The summed E-state index contributed by atoms with van der Waals surface area (Å²) in [5.41, 5.74) is 0.799. The molecule has 1 aliphatic rings. The summed E-state index contributed by atoms with van der Waals surface area (Å²) in [5.74, 6) is 0.815. The van der Waals surface area contributed by atoms with Gasteiger partial charge in [-0.3, -0.25) is 0 Å². The van der Waals surface area contributed by atoms with Gasteiger partial charge in [-0.2, -0.15) is 0 Å². The second-order valence-electron chi connectivity index (χ2n) is 4.67. The van der Waals surface area contributed by atoms with Crippen molar-refractivity contribution in [2.45, 2.75) is 32.0 Å². The summed E-state index contributed by atoms with van der Waals surface area (Å²) in [7, 11) is 1.64. The SMILES string of the molecule is COc1ccc([C@H]2CC(C(C)(C)O)=NO2)cc1. The molecule has 1 atom stereocenters. The van der Waals surface area contributed by atoms with Gasteiger partial charge in [-0.1, -0.05) is 17.3 Å². The maximum Gasteiger partial charge on any atom is 0.158 e. The summed E-state index contributed by atoms with van der Waals surface area (Å²) in [6, 6.07) is 7.68. The zero-order valence-corrected chi connectivity index (χ0v) is 10.3. The molecular weight excluding hydrogens is 218 g/mol. The molecule has 2 rings (SSSR count). The van der Waals surface area contributed by atoms with Crippen LogP contribution < -0.4 is 4.74 Å². The quantitative estimate of drug-likeness (QED) is 0.874. The van der Waals surface area contributed by atoms with E-state index in [1.54, 1.807) is 21.0 Å². The molecule has 1 N–H and O–H groups in total. The van der Waals surface area contributed by atoms with E-state index >= 15 is 0 Å². The van der Waals surface area contributed by atoms with E-state index in [0.717, 1.165) is 11.3 Å². The van der Waals surface area contributed by atoms with Crippen LogP contribution in [0.4, 0.5) is 0 Å². The van der Waals surface area contributed by atoms with Crippen LogP contribution in [0.15, 0.2) is 29.4 Å². The molecule has 17 heavy (non-hydrogen) atoms. The Morgan fingerprint density at radius 2 is 2.00 bits per heavy atom. The van der Waals surface area contributed by atoms with Gasteiger partial charge >= 0.3 is 0 Å². The first-order chi connectivity index (χ1) is 8.00. The summed E-state index contributed by atoms with van der Waals surface area (Å²) in [4.78, 5) is 5.34. The molecule has 0 radical (unpaired) electrons. The molecule has 92 valence electrons. The van der Waals surface area contributed by atoms with E-state index in [-0.39, 0.29) is 6.10 Å². The minimum absolute atomic E-state index is 0.109. The van der Waals surface area contributed by atoms with Gasteiger partial charge < -0.3 is 14.7 Å². The number of methoxy groups -OCH3 is 1. The largest absolute Gasteiger partial charge is 0.497 e. The minimum atomic E-state index is -0.915. The summed E-state index contributed by atoms with van der Waals surface area (Å²) >= 11 is 0. The highest BCUT2D eigenvalue weighted by Crippen LogP contribution is 2.31. The normalized spacial score (nSPS) is 19.8. The summed E-state index contributed by atoms with van der Waals surface area (Å²) < 4.78 is 5.10. The smallest absolute Gasteiger partial charge is 0.158 e. The fourth-order valence-corrected chi connectivity index (χ4v) is 1.74. The Hall–Kier alpha value is -1.55. The van der Waals surface area contributed by atoms with Crippen LogP contribution in [0.25, 0.3) is 0 Å². The molecule has 1 heterocycles. The first kappa shape index (κ1) is 11.9. The topological polar surface area (TPSA) is 51.0 Å². The van der Waals surface area contributed by atoms with Gasteiger partial charge in [0.15, 0.2) is 6.10 Å². The van der Waals surface area contributed by atoms with Gasteiger partial charge in [0, 0.05) is 6.42 Å². The van der Waals surface area contributed by atoms with Gasteiger partial charge in [-0.25, -0.2) is 0 Å². The van der Waals surface area contributed by atoms with Gasteiger partial charge in [-0.15, -0.1) is 0 Å². The van der Waals surface area contributed by atoms with Crippen molar-refractivity contribution < 1.29 is 14.7 Å². The van der Waals surface area contributed by atoms with Crippen molar-refractivity contribution in [3.8, 4) is 5.75 Å². The maximum atomic E-state index is 9.83. The van der Waals surface area contributed by atoms with E-state index in [4.69, 9.17) is 9.57 Å². The van der Waals surface area contributed by atoms with Crippen molar-refractivity contribution in [1.82, 2.24) is 0 Å². The predicted octanol–water partition coefficient (Wildman–Crippen LogP) is 2.28. The molecule has 0 amide bonds. The molecule has 0 bridgehead atoms. The number of nitrogens with zero attached hydrogens (tertiary/aromatic N) is 1. The van der Waals surface area contributed by atoms with Gasteiger partial charge in [0.1, 0.15) is 11.4 Å². The van der Waals surface area contributed by atoms with Crippen molar-refractivity contribution in [2.75, 3.05) is 7.11 Å². The highest BCUT2D eigenvalue weighted by atomic mass is 16.6. The highest BCUT2D eigenvalue weighted by Gasteiger charge is 2.31. The molecule has 0 unspecified atom stereocenters. The molecule has 0 aromatic heterocycles. The first-order valence-electron chi connectivity index (χ1n) is 5.60. The number of hydrogen-bond acceptors (Lipinski definition) is 4. The molecule has 0 saturated heterocycles. The standard InChI is InChI=1S/C13H17NO3/c1-13(2,15)12-8-11(17-14-12)9-4-6-10(16-3)7-5-9/h4-7,11,15H,8H2,1-3H3/t11-/m1/s1. The lowest BCUT2D eigenvalue weighted by molar-refractivity contribution is 0.0851. The molecule has 4 nitrogen and oxygen atoms in total. The number of benzene rings is 1. The fourth-order valence-electron chi connectivity index (χ4n) is 1.74. The van der Waals surface area contributed by atoms with E-state index in [1.165, 1.54) is 0 Å².